The van der Waals surface area contributed by atoms with E-state index in [9.17, 15) is 5.11 Å². The van der Waals surface area contributed by atoms with E-state index in [0.717, 1.165) is 0 Å². The molecule has 0 radical (unpaired) electrons. The molecule has 3 N–H and O–H groups in total. The molecule has 0 amide bonds. The third-order valence-electron chi connectivity index (χ3n) is 1.65. The number of nitriles is 1. The Balaban J connectivity index is 2.86. The molecule has 64 valence electrons. The van der Waals surface area contributed by atoms with Gasteiger partial charge in [0.05, 0.1) is 11.8 Å². The van der Waals surface area contributed by atoms with Crippen molar-refractivity contribution < 1.29 is 5.11 Å². The highest BCUT2D eigenvalue weighted by Gasteiger charge is 2.18. The second kappa shape index (κ2) is 3.34. The fraction of sp³-hybridized carbons (Fsp3) is 0.429. The quantitative estimate of drug-likeness (QED) is 0.608. The van der Waals surface area contributed by atoms with Crippen LogP contribution in [-0.2, 0) is 7.05 Å². The summed E-state index contributed by atoms with van der Waals surface area (Å²) < 4.78 is 1.49. The molecule has 0 aliphatic carbocycles. The molecule has 1 aromatic rings. The highest BCUT2D eigenvalue weighted by Crippen LogP contribution is 2.13. The predicted molar refractivity (Wildman–Crippen MR) is 41.8 cm³/mol. The molecule has 0 aromatic carbocycles. The molecule has 1 rings (SSSR count). The van der Waals surface area contributed by atoms with Crippen LogP contribution in [0.4, 0.5) is 0 Å². The molecule has 0 fully saturated rings. The first kappa shape index (κ1) is 8.71. The first-order valence-corrected chi connectivity index (χ1v) is 3.48. The molecule has 0 bridgehead atoms. The number of hydrogen-bond acceptors (Lipinski definition) is 4. The van der Waals surface area contributed by atoms with E-state index >= 15 is 0 Å². The minimum absolute atomic E-state index is 0.545. The van der Waals surface area contributed by atoms with Gasteiger partial charge in [-0.15, -0.1) is 0 Å². The van der Waals surface area contributed by atoms with E-state index in [2.05, 4.69) is 5.10 Å². The third kappa shape index (κ3) is 1.44. The molecule has 1 heterocycles. The fourth-order valence-corrected chi connectivity index (χ4v) is 0.929. The number of aliphatic hydroxyl groups is 1. The smallest absolute Gasteiger partial charge is 0.125 e. The Labute approximate surface area is 70.0 Å². The lowest BCUT2D eigenvalue weighted by atomic mass is 10.1. The Morgan fingerprint density at radius 2 is 2.50 bits per heavy atom. The van der Waals surface area contributed by atoms with Gasteiger partial charge in [0.1, 0.15) is 12.1 Å². The van der Waals surface area contributed by atoms with Crippen molar-refractivity contribution in [3.8, 4) is 6.07 Å². The number of aryl methyl sites for hydroxylation is 1. The molecule has 0 saturated heterocycles. The van der Waals surface area contributed by atoms with Crippen LogP contribution in [0.5, 0.6) is 0 Å². The lowest BCUT2D eigenvalue weighted by Gasteiger charge is -2.11. The summed E-state index contributed by atoms with van der Waals surface area (Å²) in [6.45, 7) is 0. The molecule has 2 unspecified atom stereocenters. The zero-order valence-corrected chi connectivity index (χ0v) is 6.68. The summed E-state index contributed by atoms with van der Waals surface area (Å²) in [5.74, 6) is 0. The van der Waals surface area contributed by atoms with Gasteiger partial charge in [0.15, 0.2) is 0 Å². The number of nitrogens with zero attached hydrogens (tertiary/aromatic N) is 3. The van der Waals surface area contributed by atoms with Gasteiger partial charge in [-0.2, -0.15) is 10.4 Å². The van der Waals surface area contributed by atoms with Gasteiger partial charge in [0, 0.05) is 13.2 Å². The number of aliphatic hydroxyl groups excluding tert-OH is 1. The Hall–Kier alpha value is -1.38. The molecule has 0 spiro atoms. The second-order valence-electron chi connectivity index (χ2n) is 2.48. The second-order valence-corrected chi connectivity index (χ2v) is 2.48. The van der Waals surface area contributed by atoms with E-state index in [1.165, 1.54) is 4.68 Å². The topological polar surface area (TPSA) is 87.9 Å². The van der Waals surface area contributed by atoms with Crippen LogP contribution in [0.25, 0.3) is 0 Å². The molecule has 5 heteroatoms. The van der Waals surface area contributed by atoms with Gasteiger partial charge in [-0.05, 0) is 6.07 Å². The largest absolute Gasteiger partial charge is 0.384 e. The molecule has 5 nitrogen and oxygen atoms in total. The van der Waals surface area contributed by atoms with Gasteiger partial charge >= 0.3 is 0 Å². The van der Waals surface area contributed by atoms with Crippen LogP contribution in [0.2, 0.25) is 0 Å². The monoisotopic (exact) mass is 166 g/mol. The first-order chi connectivity index (χ1) is 5.66. The maximum absolute atomic E-state index is 9.45. The van der Waals surface area contributed by atoms with Crippen molar-refractivity contribution in [2.24, 2.45) is 12.8 Å². The average Bonchev–Trinajstić information content (AvgIpc) is 2.48. The van der Waals surface area contributed by atoms with Crippen molar-refractivity contribution in [1.82, 2.24) is 9.78 Å². The van der Waals surface area contributed by atoms with Gasteiger partial charge in [-0.1, -0.05) is 0 Å². The summed E-state index contributed by atoms with van der Waals surface area (Å²) in [6.07, 6.45) is 0.574. The van der Waals surface area contributed by atoms with Gasteiger partial charge in [-0.3, -0.25) is 4.68 Å². The molecule has 12 heavy (non-hydrogen) atoms. The van der Waals surface area contributed by atoms with Crippen molar-refractivity contribution in [2.75, 3.05) is 0 Å². The minimum atomic E-state index is -0.970. The van der Waals surface area contributed by atoms with Gasteiger partial charge in [0.25, 0.3) is 0 Å². The molecular weight excluding hydrogens is 156 g/mol. The normalized spacial score (nSPS) is 15.2. The van der Waals surface area contributed by atoms with Crippen molar-refractivity contribution >= 4 is 0 Å². The SMILES string of the molecule is Cn1nccc1C(O)C(N)C#N. The number of hydrogen-bond donors (Lipinski definition) is 2. The number of rotatable bonds is 2. The molecule has 0 saturated carbocycles. The Kier molecular flexibility index (Phi) is 2.43. The van der Waals surface area contributed by atoms with E-state index in [1.54, 1.807) is 25.4 Å². The first-order valence-electron chi connectivity index (χ1n) is 3.48. The summed E-state index contributed by atoms with van der Waals surface area (Å²) in [5.41, 5.74) is 5.87. The zero-order chi connectivity index (χ0) is 9.14. The summed E-state index contributed by atoms with van der Waals surface area (Å²) >= 11 is 0. The maximum atomic E-state index is 9.45. The Morgan fingerprint density at radius 1 is 1.83 bits per heavy atom. The number of aromatic nitrogens is 2. The lowest BCUT2D eigenvalue weighted by molar-refractivity contribution is 0.156. The summed E-state index contributed by atoms with van der Waals surface area (Å²) in [5, 5.41) is 21.7. The van der Waals surface area contributed by atoms with Crippen LogP contribution in [-0.4, -0.2) is 20.9 Å². The Bertz CT molecular complexity index is 301. The van der Waals surface area contributed by atoms with E-state index < -0.39 is 12.1 Å². The minimum Gasteiger partial charge on any atom is -0.384 e. The third-order valence-corrected chi connectivity index (χ3v) is 1.65. The fourth-order valence-electron chi connectivity index (χ4n) is 0.929. The van der Waals surface area contributed by atoms with Crippen LogP contribution in [0.15, 0.2) is 12.3 Å². The lowest BCUT2D eigenvalue weighted by Crippen LogP contribution is -2.27. The summed E-state index contributed by atoms with van der Waals surface area (Å²) in [4.78, 5) is 0. The standard InChI is InChI=1S/C7H10N4O/c1-11-6(2-3-10-11)7(12)5(9)4-8/h2-3,5,7,12H,9H2,1H3. The van der Waals surface area contributed by atoms with Crippen LogP contribution < -0.4 is 5.73 Å². The molecule has 2 atom stereocenters. The van der Waals surface area contributed by atoms with Crippen molar-refractivity contribution in [3.63, 3.8) is 0 Å². The van der Waals surface area contributed by atoms with Gasteiger partial charge < -0.3 is 10.8 Å². The average molecular weight is 166 g/mol. The summed E-state index contributed by atoms with van der Waals surface area (Å²) in [7, 11) is 1.68. The van der Waals surface area contributed by atoms with Gasteiger partial charge in [0.2, 0.25) is 0 Å². The van der Waals surface area contributed by atoms with Crippen molar-refractivity contribution in [3.05, 3.63) is 18.0 Å². The zero-order valence-electron chi connectivity index (χ0n) is 6.68. The van der Waals surface area contributed by atoms with Crippen molar-refractivity contribution in [1.29, 1.82) is 5.26 Å². The molecule has 0 aliphatic heterocycles. The van der Waals surface area contributed by atoms with Crippen LogP contribution in [0.3, 0.4) is 0 Å². The Morgan fingerprint density at radius 3 is 2.92 bits per heavy atom. The van der Waals surface area contributed by atoms with E-state index in [4.69, 9.17) is 11.0 Å². The maximum Gasteiger partial charge on any atom is 0.125 e. The molecule has 0 aliphatic rings. The van der Waals surface area contributed by atoms with E-state index in [-0.39, 0.29) is 0 Å². The van der Waals surface area contributed by atoms with Crippen molar-refractivity contribution in [2.45, 2.75) is 12.1 Å². The molecule has 1 aromatic heterocycles. The predicted octanol–water partition coefficient (Wildman–Crippen LogP) is -0.696. The highest BCUT2D eigenvalue weighted by atomic mass is 16.3. The van der Waals surface area contributed by atoms with Crippen LogP contribution in [0.1, 0.15) is 11.8 Å². The van der Waals surface area contributed by atoms with Crippen LogP contribution in [0, 0.1) is 11.3 Å². The number of nitrogens with two attached hydrogens (primary N) is 1. The van der Waals surface area contributed by atoms with E-state index in [0.29, 0.717) is 5.69 Å². The van der Waals surface area contributed by atoms with E-state index in [1.807, 2.05) is 0 Å². The molecular formula is C7H10N4O. The highest BCUT2D eigenvalue weighted by molar-refractivity contribution is 5.10. The van der Waals surface area contributed by atoms with Gasteiger partial charge in [-0.25, -0.2) is 0 Å². The van der Waals surface area contributed by atoms with Crippen LogP contribution >= 0.6 is 0 Å². The summed E-state index contributed by atoms with van der Waals surface area (Å²) in [6, 6.07) is 2.49.